The highest BCUT2D eigenvalue weighted by atomic mass is 35.5. The van der Waals surface area contributed by atoms with E-state index in [-0.39, 0.29) is 33.3 Å². The van der Waals surface area contributed by atoms with Gasteiger partial charge in [-0.15, -0.1) is 0 Å². The summed E-state index contributed by atoms with van der Waals surface area (Å²) in [5, 5.41) is 3.25. The molecule has 10 heteroatoms. The lowest BCUT2D eigenvalue weighted by Gasteiger charge is -2.31. The second kappa shape index (κ2) is 10.6. The summed E-state index contributed by atoms with van der Waals surface area (Å²) in [6.45, 7) is 2.03. The summed E-state index contributed by atoms with van der Waals surface area (Å²) in [5.41, 5.74) is 1.50. The Balaban J connectivity index is 1.37. The van der Waals surface area contributed by atoms with E-state index in [2.05, 4.69) is 5.32 Å². The second-order valence-corrected chi connectivity index (χ2v) is 11.5. The van der Waals surface area contributed by atoms with Crippen molar-refractivity contribution in [1.29, 1.82) is 0 Å². The first-order valence-electron chi connectivity index (χ1n) is 11.4. The van der Waals surface area contributed by atoms with Crippen LogP contribution < -0.4 is 5.32 Å². The van der Waals surface area contributed by atoms with Crippen LogP contribution in [0.1, 0.15) is 31.2 Å². The number of amides is 2. The van der Waals surface area contributed by atoms with Crippen LogP contribution in [0.25, 0.3) is 0 Å². The average molecular weight is 524 g/mol. The minimum atomic E-state index is -3.88. The molecular formula is C24H27Cl2N3O4S. The number of benzene rings is 2. The summed E-state index contributed by atoms with van der Waals surface area (Å²) in [5.74, 6) is -0.603. The fraction of sp³-hybridized carbons (Fsp3) is 0.417. The standard InChI is InChI=1S/C24H27Cl2N3O4S/c25-19-7-10-21(26)22(15-19)34(32,33)29-13-3-4-18(16-29)24(31)27-20-8-5-17(6-9-20)14-23(30)28-11-1-2-12-28/h5-10,15,18H,1-4,11-14,16H2,(H,27,31)/t18-/m1/s1. The molecule has 2 saturated heterocycles. The van der Waals surface area contributed by atoms with Crippen LogP contribution >= 0.6 is 23.2 Å². The Morgan fingerprint density at radius 3 is 2.38 bits per heavy atom. The van der Waals surface area contributed by atoms with E-state index in [1.807, 2.05) is 17.0 Å². The average Bonchev–Trinajstić information content (AvgIpc) is 3.37. The summed E-state index contributed by atoms with van der Waals surface area (Å²) in [6, 6.07) is 11.5. The predicted molar refractivity (Wildman–Crippen MR) is 133 cm³/mol. The van der Waals surface area contributed by atoms with Gasteiger partial charge in [0.25, 0.3) is 0 Å². The van der Waals surface area contributed by atoms with E-state index in [0.29, 0.717) is 31.5 Å². The van der Waals surface area contributed by atoms with Gasteiger partial charge in [-0.3, -0.25) is 9.59 Å². The number of piperidine rings is 1. The molecule has 1 N–H and O–H groups in total. The number of halogens is 2. The maximum absolute atomic E-state index is 13.1. The van der Waals surface area contributed by atoms with E-state index >= 15 is 0 Å². The Labute approximate surface area is 210 Å². The summed E-state index contributed by atoms with van der Waals surface area (Å²) in [7, 11) is -3.88. The number of hydrogen-bond donors (Lipinski definition) is 1. The number of carbonyl (C=O) groups is 2. The van der Waals surface area contributed by atoms with Gasteiger partial charge >= 0.3 is 0 Å². The Morgan fingerprint density at radius 2 is 1.68 bits per heavy atom. The van der Waals surface area contributed by atoms with Crippen LogP contribution in [0, 0.1) is 5.92 Å². The van der Waals surface area contributed by atoms with Crippen molar-refractivity contribution in [2.75, 3.05) is 31.5 Å². The van der Waals surface area contributed by atoms with Crippen LogP contribution in [0.2, 0.25) is 10.0 Å². The van der Waals surface area contributed by atoms with Crippen LogP contribution in [0.5, 0.6) is 0 Å². The number of hydrogen-bond acceptors (Lipinski definition) is 4. The van der Waals surface area contributed by atoms with E-state index in [0.717, 1.165) is 31.5 Å². The lowest BCUT2D eigenvalue weighted by atomic mass is 9.98. The molecule has 7 nitrogen and oxygen atoms in total. The minimum Gasteiger partial charge on any atom is -0.342 e. The minimum absolute atomic E-state index is 0.0539. The third-order valence-electron chi connectivity index (χ3n) is 6.30. The summed E-state index contributed by atoms with van der Waals surface area (Å²) >= 11 is 12.1. The quantitative estimate of drug-likeness (QED) is 0.614. The van der Waals surface area contributed by atoms with Gasteiger partial charge in [0.05, 0.1) is 17.4 Å². The number of nitrogens with one attached hydrogen (secondary N) is 1. The number of carbonyl (C=O) groups excluding carboxylic acids is 2. The zero-order valence-corrected chi connectivity index (χ0v) is 21.0. The summed E-state index contributed by atoms with van der Waals surface area (Å²) in [4.78, 5) is 27.0. The molecular weight excluding hydrogens is 497 g/mol. The van der Waals surface area contributed by atoms with Crippen LogP contribution in [0.4, 0.5) is 5.69 Å². The largest absolute Gasteiger partial charge is 0.342 e. The molecule has 2 fully saturated rings. The molecule has 34 heavy (non-hydrogen) atoms. The highest BCUT2D eigenvalue weighted by Gasteiger charge is 2.34. The summed E-state index contributed by atoms with van der Waals surface area (Å²) in [6.07, 6.45) is 3.61. The molecule has 2 heterocycles. The van der Waals surface area contributed by atoms with E-state index in [9.17, 15) is 18.0 Å². The maximum atomic E-state index is 13.1. The molecule has 2 amide bonds. The van der Waals surface area contributed by atoms with Gasteiger partial charge in [0.1, 0.15) is 4.90 Å². The molecule has 0 radical (unpaired) electrons. The number of likely N-dealkylation sites (tertiary alicyclic amines) is 1. The molecule has 2 aromatic rings. The van der Waals surface area contributed by atoms with Crippen LogP contribution in [0.3, 0.4) is 0 Å². The Morgan fingerprint density at radius 1 is 0.971 bits per heavy atom. The fourth-order valence-electron chi connectivity index (χ4n) is 4.39. The number of rotatable bonds is 6. The zero-order chi connectivity index (χ0) is 24.3. The number of anilines is 1. The molecule has 2 aromatic carbocycles. The molecule has 0 aliphatic carbocycles. The number of sulfonamides is 1. The molecule has 2 aliphatic heterocycles. The smallest absolute Gasteiger partial charge is 0.244 e. The van der Waals surface area contributed by atoms with E-state index in [1.54, 1.807) is 12.1 Å². The van der Waals surface area contributed by atoms with E-state index in [4.69, 9.17) is 23.2 Å². The van der Waals surface area contributed by atoms with Crippen LogP contribution in [-0.2, 0) is 26.0 Å². The highest BCUT2D eigenvalue weighted by Crippen LogP contribution is 2.30. The van der Waals surface area contributed by atoms with Crippen molar-refractivity contribution in [2.45, 2.75) is 37.0 Å². The van der Waals surface area contributed by atoms with Crippen LogP contribution in [0.15, 0.2) is 47.4 Å². The number of nitrogens with zero attached hydrogens (tertiary/aromatic N) is 2. The van der Waals surface area contributed by atoms with Gasteiger partial charge in [0.15, 0.2) is 0 Å². The predicted octanol–water partition coefficient (Wildman–Crippen LogP) is 4.20. The van der Waals surface area contributed by atoms with Gasteiger partial charge in [-0.1, -0.05) is 35.3 Å². The third kappa shape index (κ3) is 5.74. The van der Waals surface area contributed by atoms with Crippen molar-refractivity contribution in [3.05, 3.63) is 58.1 Å². The molecule has 1 atom stereocenters. The molecule has 0 saturated carbocycles. The van der Waals surface area contributed by atoms with Gasteiger partial charge in [-0.2, -0.15) is 4.31 Å². The monoisotopic (exact) mass is 523 g/mol. The van der Waals surface area contributed by atoms with E-state index < -0.39 is 15.9 Å². The molecule has 0 bridgehead atoms. The molecule has 4 rings (SSSR count). The van der Waals surface area contributed by atoms with Gasteiger partial charge in [-0.05, 0) is 61.6 Å². The lowest BCUT2D eigenvalue weighted by molar-refractivity contribution is -0.129. The highest BCUT2D eigenvalue weighted by molar-refractivity contribution is 7.89. The molecule has 0 spiro atoms. The first-order valence-corrected chi connectivity index (χ1v) is 13.6. The SMILES string of the molecule is O=C(Nc1ccc(CC(=O)N2CCCC2)cc1)[C@@H]1CCCN(S(=O)(=O)c2cc(Cl)ccc2Cl)C1. The topological polar surface area (TPSA) is 86.8 Å². The van der Waals surface area contributed by atoms with Gasteiger partial charge in [0.2, 0.25) is 21.8 Å². The van der Waals surface area contributed by atoms with Gasteiger partial charge in [0, 0.05) is 36.9 Å². The molecule has 182 valence electrons. The van der Waals surface area contributed by atoms with Crippen molar-refractivity contribution in [3.63, 3.8) is 0 Å². The van der Waals surface area contributed by atoms with Crippen molar-refractivity contribution >= 4 is 50.7 Å². The van der Waals surface area contributed by atoms with Crippen molar-refractivity contribution < 1.29 is 18.0 Å². The van der Waals surface area contributed by atoms with Crippen molar-refractivity contribution in [2.24, 2.45) is 5.92 Å². The second-order valence-electron chi connectivity index (χ2n) is 8.73. The first-order chi connectivity index (χ1) is 16.2. The Kier molecular flexibility index (Phi) is 7.82. The lowest BCUT2D eigenvalue weighted by Crippen LogP contribution is -2.43. The molecule has 0 unspecified atom stereocenters. The van der Waals surface area contributed by atoms with Crippen molar-refractivity contribution in [1.82, 2.24) is 9.21 Å². The van der Waals surface area contributed by atoms with Gasteiger partial charge < -0.3 is 10.2 Å². The van der Waals surface area contributed by atoms with Gasteiger partial charge in [-0.25, -0.2) is 8.42 Å². The zero-order valence-electron chi connectivity index (χ0n) is 18.7. The van der Waals surface area contributed by atoms with Crippen molar-refractivity contribution in [3.8, 4) is 0 Å². The molecule has 0 aromatic heterocycles. The van der Waals surface area contributed by atoms with E-state index in [1.165, 1.54) is 22.5 Å². The fourth-order valence-corrected chi connectivity index (χ4v) is 6.65. The third-order valence-corrected chi connectivity index (χ3v) is 8.88. The Hall–Kier alpha value is -2.13. The normalized spacial score (nSPS) is 19.2. The van der Waals surface area contributed by atoms with Crippen LogP contribution in [-0.4, -0.2) is 55.6 Å². The maximum Gasteiger partial charge on any atom is 0.244 e. The molecule has 2 aliphatic rings. The first kappa shape index (κ1) is 25.0. The Bertz CT molecular complexity index is 1170. The summed E-state index contributed by atoms with van der Waals surface area (Å²) < 4.78 is 27.6.